The molecule has 2 heterocycles. The first-order valence-corrected chi connectivity index (χ1v) is 4.44. The van der Waals surface area contributed by atoms with Crippen LogP contribution in [0, 0.1) is 0 Å². The molecule has 14 heavy (non-hydrogen) atoms. The average Bonchev–Trinajstić information content (AvgIpc) is 2.66. The summed E-state index contributed by atoms with van der Waals surface area (Å²) in [5.41, 5.74) is 0.468. The normalized spacial score (nSPS) is 17.0. The van der Waals surface area contributed by atoms with E-state index in [9.17, 15) is 4.39 Å². The number of aliphatic hydroxyl groups is 1. The van der Waals surface area contributed by atoms with E-state index in [1.807, 2.05) is 0 Å². The molecule has 0 radical (unpaired) electrons. The molecule has 0 spiro atoms. The molecule has 0 saturated carbocycles. The summed E-state index contributed by atoms with van der Waals surface area (Å²) in [6.45, 7) is 0.736. The Morgan fingerprint density at radius 2 is 2.50 bits per heavy atom. The first-order chi connectivity index (χ1) is 6.79. The van der Waals surface area contributed by atoms with Gasteiger partial charge in [-0.2, -0.15) is 4.98 Å². The van der Waals surface area contributed by atoms with Gasteiger partial charge in [-0.15, -0.1) is 0 Å². The number of halogens is 1. The van der Waals surface area contributed by atoms with Crippen molar-refractivity contribution in [2.75, 3.05) is 18.0 Å². The molecule has 1 aromatic rings. The lowest BCUT2D eigenvalue weighted by Crippen LogP contribution is -2.29. The van der Waals surface area contributed by atoms with Crippen LogP contribution in [0.3, 0.4) is 0 Å². The van der Waals surface area contributed by atoms with Gasteiger partial charge in [-0.3, -0.25) is 0 Å². The molecule has 0 aliphatic carbocycles. The summed E-state index contributed by atoms with van der Waals surface area (Å²) >= 11 is 0. The second-order valence-corrected chi connectivity index (χ2v) is 3.14. The highest BCUT2D eigenvalue weighted by Crippen LogP contribution is 2.19. The van der Waals surface area contributed by atoms with Crippen molar-refractivity contribution in [3.8, 4) is 0 Å². The van der Waals surface area contributed by atoms with E-state index in [2.05, 4.69) is 4.98 Å². The van der Waals surface area contributed by atoms with Crippen LogP contribution in [-0.4, -0.2) is 23.2 Å². The molecule has 0 saturated heterocycles. The Hall–Kier alpha value is -1.36. The number of anilines is 1. The standard InChI is InChI=1S/C9H11FN2O2/c10-7-2-1-3-12(4-7)9-11-8(5-13)6-14-9/h2,6,13H,1,3-5H2. The number of oxazole rings is 1. The van der Waals surface area contributed by atoms with Crippen LogP contribution >= 0.6 is 0 Å². The fraction of sp³-hybridized carbons (Fsp3) is 0.444. The molecule has 0 atom stereocenters. The van der Waals surface area contributed by atoms with Gasteiger partial charge < -0.3 is 14.4 Å². The van der Waals surface area contributed by atoms with Crippen molar-refractivity contribution in [3.05, 3.63) is 23.9 Å². The molecule has 4 nitrogen and oxygen atoms in total. The quantitative estimate of drug-likeness (QED) is 0.776. The van der Waals surface area contributed by atoms with Gasteiger partial charge >= 0.3 is 0 Å². The van der Waals surface area contributed by atoms with Crippen LogP contribution in [-0.2, 0) is 6.61 Å². The Balaban J connectivity index is 2.11. The summed E-state index contributed by atoms with van der Waals surface area (Å²) in [7, 11) is 0. The number of hydrogen-bond donors (Lipinski definition) is 1. The SMILES string of the molecule is OCc1coc(N2CCC=C(F)C2)n1. The van der Waals surface area contributed by atoms with E-state index in [-0.39, 0.29) is 19.0 Å². The molecule has 76 valence electrons. The maximum atomic E-state index is 12.9. The third-order valence-corrected chi connectivity index (χ3v) is 2.08. The Labute approximate surface area is 80.7 Å². The van der Waals surface area contributed by atoms with Gasteiger partial charge in [0.05, 0.1) is 13.2 Å². The van der Waals surface area contributed by atoms with Crippen molar-refractivity contribution in [2.45, 2.75) is 13.0 Å². The predicted molar refractivity (Wildman–Crippen MR) is 48.4 cm³/mol. The maximum absolute atomic E-state index is 12.9. The zero-order valence-electron chi connectivity index (χ0n) is 7.61. The van der Waals surface area contributed by atoms with Crippen LogP contribution in [0.25, 0.3) is 0 Å². The summed E-state index contributed by atoms with van der Waals surface area (Å²) in [5, 5.41) is 8.77. The minimum absolute atomic E-state index is 0.157. The first kappa shape index (κ1) is 9.21. The second-order valence-electron chi connectivity index (χ2n) is 3.14. The van der Waals surface area contributed by atoms with Gasteiger partial charge in [-0.1, -0.05) is 0 Å². The summed E-state index contributed by atoms with van der Waals surface area (Å²) in [5.74, 6) is -0.167. The van der Waals surface area contributed by atoms with E-state index >= 15 is 0 Å². The Kier molecular flexibility index (Phi) is 2.49. The molecule has 1 N–H and O–H groups in total. The molecular formula is C9H11FN2O2. The highest BCUT2D eigenvalue weighted by atomic mass is 19.1. The van der Waals surface area contributed by atoms with Crippen LogP contribution < -0.4 is 4.90 Å². The van der Waals surface area contributed by atoms with E-state index in [1.54, 1.807) is 11.0 Å². The van der Waals surface area contributed by atoms with Gasteiger partial charge in [0.25, 0.3) is 6.01 Å². The number of hydrogen-bond acceptors (Lipinski definition) is 4. The third kappa shape index (κ3) is 1.77. The van der Waals surface area contributed by atoms with Gasteiger partial charge in [0.15, 0.2) is 0 Å². The highest BCUT2D eigenvalue weighted by Gasteiger charge is 2.17. The molecule has 0 unspecified atom stereocenters. The van der Waals surface area contributed by atoms with Gasteiger partial charge in [0.2, 0.25) is 0 Å². The molecular weight excluding hydrogens is 187 g/mol. The number of rotatable bonds is 2. The number of aliphatic hydroxyl groups excluding tert-OH is 1. The Bertz CT molecular complexity index is 348. The van der Waals surface area contributed by atoms with Crippen molar-refractivity contribution in [1.29, 1.82) is 0 Å². The molecule has 0 amide bonds. The second kappa shape index (κ2) is 3.79. The van der Waals surface area contributed by atoms with E-state index in [4.69, 9.17) is 9.52 Å². The van der Waals surface area contributed by atoms with E-state index in [0.29, 0.717) is 24.7 Å². The van der Waals surface area contributed by atoms with E-state index < -0.39 is 0 Å². The molecule has 1 aromatic heterocycles. The lowest BCUT2D eigenvalue weighted by atomic mass is 10.2. The van der Waals surface area contributed by atoms with Gasteiger partial charge in [0.1, 0.15) is 17.8 Å². The Morgan fingerprint density at radius 1 is 1.64 bits per heavy atom. The largest absolute Gasteiger partial charge is 0.432 e. The smallest absolute Gasteiger partial charge is 0.297 e. The summed E-state index contributed by atoms with van der Waals surface area (Å²) in [4.78, 5) is 5.71. The summed E-state index contributed by atoms with van der Waals surface area (Å²) < 4.78 is 18.0. The molecule has 0 bridgehead atoms. The van der Waals surface area contributed by atoms with Gasteiger partial charge in [0, 0.05) is 6.54 Å². The van der Waals surface area contributed by atoms with Crippen molar-refractivity contribution in [1.82, 2.24) is 4.98 Å². The molecule has 2 rings (SSSR count). The zero-order valence-corrected chi connectivity index (χ0v) is 7.61. The maximum Gasteiger partial charge on any atom is 0.297 e. The monoisotopic (exact) mass is 198 g/mol. The minimum Gasteiger partial charge on any atom is -0.432 e. The Morgan fingerprint density at radius 3 is 3.14 bits per heavy atom. The van der Waals surface area contributed by atoms with Gasteiger partial charge in [-0.25, -0.2) is 4.39 Å². The summed E-state index contributed by atoms with van der Waals surface area (Å²) in [6, 6.07) is 0.373. The third-order valence-electron chi connectivity index (χ3n) is 2.08. The van der Waals surface area contributed by atoms with Crippen LogP contribution in [0.15, 0.2) is 22.6 Å². The number of nitrogens with zero attached hydrogens (tertiary/aromatic N) is 2. The predicted octanol–water partition coefficient (Wildman–Crippen LogP) is 1.23. The lowest BCUT2D eigenvalue weighted by Gasteiger charge is -2.22. The molecule has 0 aromatic carbocycles. The van der Waals surface area contributed by atoms with Crippen molar-refractivity contribution >= 4 is 6.01 Å². The minimum atomic E-state index is -0.167. The molecule has 5 heteroatoms. The number of aromatic nitrogens is 1. The molecule has 0 fully saturated rings. The topological polar surface area (TPSA) is 49.5 Å². The molecule has 1 aliphatic rings. The first-order valence-electron chi connectivity index (χ1n) is 4.44. The zero-order chi connectivity index (χ0) is 9.97. The van der Waals surface area contributed by atoms with Crippen LogP contribution in [0.5, 0.6) is 0 Å². The van der Waals surface area contributed by atoms with Crippen molar-refractivity contribution in [2.24, 2.45) is 0 Å². The fourth-order valence-corrected chi connectivity index (χ4v) is 1.38. The fourth-order valence-electron chi connectivity index (χ4n) is 1.38. The van der Waals surface area contributed by atoms with E-state index in [1.165, 1.54) is 6.26 Å². The van der Waals surface area contributed by atoms with Crippen molar-refractivity contribution in [3.63, 3.8) is 0 Å². The van der Waals surface area contributed by atoms with Crippen molar-refractivity contribution < 1.29 is 13.9 Å². The van der Waals surface area contributed by atoms with Crippen LogP contribution in [0.1, 0.15) is 12.1 Å². The van der Waals surface area contributed by atoms with Gasteiger partial charge in [-0.05, 0) is 12.5 Å². The molecule has 1 aliphatic heterocycles. The van der Waals surface area contributed by atoms with Crippen LogP contribution in [0.4, 0.5) is 10.4 Å². The lowest BCUT2D eigenvalue weighted by molar-refractivity contribution is 0.276. The highest BCUT2D eigenvalue weighted by molar-refractivity contribution is 5.31. The summed E-state index contributed by atoms with van der Waals surface area (Å²) in [6.07, 6.45) is 3.60. The van der Waals surface area contributed by atoms with Crippen LogP contribution in [0.2, 0.25) is 0 Å². The average molecular weight is 198 g/mol. The van der Waals surface area contributed by atoms with E-state index in [0.717, 1.165) is 0 Å².